The molecule has 0 N–H and O–H groups in total. The third-order valence-electron chi connectivity index (χ3n) is 2.21. The Labute approximate surface area is 94.5 Å². The lowest BCUT2D eigenvalue weighted by molar-refractivity contribution is 0.0594. The van der Waals surface area contributed by atoms with E-state index in [1.807, 2.05) is 6.92 Å². The molecule has 84 valence electrons. The second kappa shape index (κ2) is 5.85. The van der Waals surface area contributed by atoms with Crippen LogP contribution in [0.2, 0.25) is 0 Å². The Bertz CT molecular complexity index is 333. The number of carbonyl (C=O) groups excluding carboxylic acids is 1. The number of unbranched alkanes of at least 4 members (excludes halogenated alkanes) is 2. The van der Waals surface area contributed by atoms with Crippen LogP contribution in [0, 0.1) is 6.92 Å². The van der Waals surface area contributed by atoms with E-state index in [0.717, 1.165) is 22.7 Å². The number of hydrogen-bond acceptors (Lipinski definition) is 4. The number of hydrogen-bond donors (Lipinski definition) is 0. The number of esters is 1. The summed E-state index contributed by atoms with van der Waals surface area (Å²) >= 11 is 1.60. The molecular formula is C11H17NO2S. The molecule has 0 amide bonds. The molecule has 0 saturated carbocycles. The summed E-state index contributed by atoms with van der Waals surface area (Å²) < 4.78 is 4.66. The van der Waals surface area contributed by atoms with Crippen molar-refractivity contribution >= 4 is 17.3 Å². The van der Waals surface area contributed by atoms with Gasteiger partial charge < -0.3 is 4.74 Å². The third-order valence-corrected chi connectivity index (χ3v) is 3.24. The Kier molecular flexibility index (Phi) is 4.75. The molecular weight excluding hydrogens is 210 g/mol. The fourth-order valence-corrected chi connectivity index (χ4v) is 2.33. The summed E-state index contributed by atoms with van der Waals surface area (Å²) in [6.07, 6.45) is 4.53. The van der Waals surface area contributed by atoms with Crippen molar-refractivity contribution in [3.63, 3.8) is 0 Å². The number of ether oxygens (including phenoxy) is 1. The summed E-state index contributed by atoms with van der Waals surface area (Å²) in [6.45, 7) is 4.08. The molecule has 0 radical (unpaired) electrons. The highest BCUT2D eigenvalue weighted by molar-refractivity contribution is 7.11. The Morgan fingerprint density at radius 2 is 2.20 bits per heavy atom. The Morgan fingerprint density at radius 3 is 2.80 bits per heavy atom. The van der Waals surface area contributed by atoms with Gasteiger partial charge in [-0.05, 0) is 19.8 Å². The van der Waals surface area contributed by atoms with Crippen molar-refractivity contribution in [2.75, 3.05) is 7.11 Å². The van der Waals surface area contributed by atoms with Crippen LogP contribution in [0.4, 0.5) is 0 Å². The Balaban J connectivity index is 2.64. The quantitative estimate of drug-likeness (QED) is 0.573. The van der Waals surface area contributed by atoms with E-state index in [9.17, 15) is 4.79 Å². The molecule has 0 aliphatic heterocycles. The van der Waals surface area contributed by atoms with Crippen molar-refractivity contribution in [1.29, 1.82) is 0 Å². The van der Waals surface area contributed by atoms with Crippen molar-refractivity contribution < 1.29 is 9.53 Å². The lowest BCUT2D eigenvalue weighted by Crippen LogP contribution is -2.03. The van der Waals surface area contributed by atoms with E-state index in [0.29, 0.717) is 5.69 Å². The highest BCUT2D eigenvalue weighted by Gasteiger charge is 2.15. The molecule has 0 atom stereocenters. The summed E-state index contributed by atoms with van der Waals surface area (Å²) in [4.78, 5) is 16.5. The van der Waals surface area contributed by atoms with Crippen LogP contribution in [0.25, 0.3) is 0 Å². The zero-order valence-electron chi connectivity index (χ0n) is 9.50. The number of rotatable bonds is 5. The molecule has 0 aromatic carbocycles. The van der Waals surface area contributed by atoms with E-state index in [-0.39, 0.29) is 5.97 Å². The first-order valence-electron chi connectivity index (χ1n) is 5.23. The first-order valence-corrected chi connectivity index (χ1v) is 6.05. The third kappa shape index (κ3) is 3.30. The van der Waals surface area contributed by atoms with Crippen LogP contribution in [-0.4, -0.2) is 18.1 Å². The van der Waals surface area contributed by atoms with Gasteiger partial charge >= 0.3 is 5.97 Å². The first kappa shape index (κ1) is 12.2. The molecule has 0 spiro atoms. The molecule has 0 aliphatic rings. The van der Waals surface area contributed by atoms with Crippen LogP contribution in [0.15, 0.2) is 0 Å². The number of nitrogens with zero attached hydrogens (tertiary/aromatic N) is 1. The summed E-state index contributed by atoms with van der Waals surface area (Å²) in [6, 6.07) is 0. The number of thiazole rings is 1. The largest absolute Gasteiger partial charge is 0.464 e. The predicted octanol–water partition coefficient (Wildman–Crippen LogP) is 2.97. The van der Waals surface area contributed by atoms with Crippen LogP contribution in [0.5, 0.6) is 0 Å². The molecule has 0 unspecified atom stereocenters. The standard InChI is InChI=1S/C11H17NO2S/c1-4-5-6-7-9-12-10(8(2)15-9)11(13)14-3/h4-7H2,1-3H3. The Morgan fingerprint density at radius 1 is 1.47 bits per heavy atom. The van der Waals surface area contributed by atoms with E-state index < -0.39 is 0 Å². The molecule has 0 fully saturated rings. The average Bonchev–Trinajstić information content (AvgIpc) is 2.59. The number of aromatic nitrogens is 1. The molecule has 0 saturated heterocycles. The summed E-state index contributed by atoms with van der Waals surface area (Å²) in [5, 5.41) is 1.04. The van der Waals surface area contributed by atoms with Crippen molar-refractivity contribution in [3.8, 4) is 0 Å². The second-order valence-corrected chi connectivity index (χ2v) is 4.75. The smallest absolute Gasteiger partial charge is 0.357 e. The maximum atomic E-state index is 11.3. The first-order chi connectivity index (χ1) is 7.19. The lowest BCUT2D eigenvalue weighted by atomic mass is 10.2. The number of aryl methyl sites for hydroxylation is 2. The number of carbonyl (C=O) groups is 1. The monoisotopic (exact) mass is 227 g/mol. The van der Waals surface area contributed by atoms with E-state index >= 15 is 0 Å². The predicted molar refractivity (Wildman–Crippen MR) is 61.4 cm³/mol. The second-order valence-electron chi connectivity index (χ2n) is 3.46. The van der Waals surface area contributed by atoms with Crippen LogP contribution in [-0.2, 0) is 11.2 Å². The van der Waals surface area contributed by atoms with Gasteiger partial charge in [0.2, 0.25) is 0 Å². The van der Waals surface area contributed by atoms with E-state index in [1.54, 1.807) is 11.3 Å². The topological polar surface area (TPSA) is 39.2 Å². The molecule has 1 heterocycles. The van der Waals surface area contributed by atoms with Crippen LogP contribution < -0.4 is 0 Å². The lowest BCUT2D eigenvalue weighted by Gasteiger charge is -1.94. The highest BCUT2D eigenvalue weighted by atomic mass is 32.1. The minimum atomic E-state index is -0.328. The van der Waals surface area contributed by atoms with Gasteiger partial charge in [0.25, 0.3) is 0 Å². The van der Waals surface area contributed by atoms with Crippen LogP contribution >= 0.6 is 11.3 Å². The zero-order chi connectivity index (χ0) is 11.3. The molecule has 3 nitrogen and oxygen atoms in total. The van der Waals surface area contributed by atoms with Gasteiger partial charge in [0.15, 0.2) is 5.69 Å². The summed E-state index contributed by atoms with van der Waals surface area (Å²) in [5.74, 6) is -0.328. The average molecular weight is 227 g/mol. The van der Waals surface area contributed by atoms with Crippen molar-refractivity contribution in [3.05, 3.63) is 15.6 Å². The van der Waals surface area contributed by atoms with Crippen molar-refractivity contribution in [2.24, 2.45) is 0 Å². The fourth-order valence-electron chi connectivity index (χ4n) is 1.37. The zero-order valence-corrected chi connectivity index (χ0v) is 10.3. The summed E-state index contributed by atoms with van der Waals surface area (Å²) in [5.41, 5.74) is 0.481. The van der Waals surface area contributed by atoms with Gasteiger partial charge in [-0.15, -0.1) is 11.3 Å². The van der Waals surface area contributed by atoms with E-state index in [2.05, 4.69) is 16.6 Å². The molecule has 1 rings (SSSR count). The molecule has 1 aromatic heterocycles. The molecule has 4 heteroatoms. The maximum absolute atomic E-state index is 11.3. The van der Waals surface area contributed by atoms with Gasteiger partial charge in [0.1, 0.15) is 0 Å². The van der Waals surface area contributed by atoms with Crippen molar-refractivity contribution in [2.45, 2.75) is 39.5 Å². The van der Waals surface area contributed by atoms with Crippen LogP contribution in [0.3, 0.4) is 0 Å². The van der Waals surface area contributed by atoms with Crippen molar-refractivity contribution in [1.82, 2.24) is 4.98 Å². The molecule has 1 aromatic rings. The minimum Gasteiger partial charge on any atom is -0.464 e. The van der Waals surface area contributed by atoms with Gasteiger partial charge in [-0.2, -0.15) is 0 Å². The summed E-state index contributed by atoms with van der Waals surface area (Å²) in [7, 11) is 1.39. The molecule has 15 heavy (non-hydrogen) atoms. The fraction of sp³-hybridized carbons (Fsp3) is 0.636. The molecule has 0 bridgehead atoms. The normalized spacial score (nSPS) is 10.3. The van der Waals surface area contributed by atoms with Gasteiger partial charge in [0.05, 0.1) is 12.1 Å². The van der Waals surface area contributed by atoms with Gasteiger partial charge in [-0.25, -0.2) is 9.78 Å². The van der Waals surface area contributed by atoms with Gasteiger partial charge in [0, 0.05) is 4.88 Å². The highest BCUT2D eigenvalue weighted by Crippen LogP contribution is 2.20. The SMILES string of the molecule is CCCCCc1nc(C(=O)OC)c(C)s1. The van der Waals surface area contributed by atoms with Gasteiger partial charge in [-0.1, -0.05) is 19.8 Å². The van der Waals surface area contributed by atoms with E-state index in [4.69, 9.17) is 0 Å². The maximum Gasteiger partial charge on any atom is 0.357 e. The minimum absolute atomic E-state index is 0.328. The molecule has 0 aliphatic carbocycles. The van der Waals surface area contributed by atoms with E-state index in [1.165, 1.54) is 20.0 Å². The van der Waals surface area contributed by atoms with Gasteiger partial charge in [-0.3, -0.25) is 0 Å². The Hall–Kier alpha value is -0.900. The number of methoxy groups -OCH3 is 1. The van der Waals surface area contributed by atoms with Crippen LogP contribution in [0.1, 0.15) is 46.6 Å².